The van der Waals surface area contributed by atoms with Crippen LogP contribution in [0.4, 0.5) is 4.39 Å². The first-order chi connectivity index (χ1) is 6.15. The van der Waals surface area contributed by atoms with Gasteiger partial charge < -0.3 is 0 Å². The van der Waals surface area contributed by atoms with Crippen molar-refractivity contribution in [2.24, 2.45) is 5.11 Å². The van der Waals surface area contributed by atoms with Gasteiger partial charge in [-0.3, -0.25) is 4.79 Å². The maximum Gasteiger partial charge on any atom is 0.252 e. The van der Waals surface area contributed by atoms with Gasteiger partial charge >= 0.3 is 0 Å². The molecule has 13 heavy (non-hydrogen) atoms. The van der Waals surface area contributed by atoms with Crippen LogP contribution < -0.4 is 0 Å². The number of azide groups is 1. The summed E-state index contributed by atoms with van der Waals surface area (Å²) in [4.78, 5) is 13.2. The number of carbonyl (C=O) groups excluding carboxylic acids is 1. The molecule has 0 N–H and O–H groups in total. The zero-order valence-electron chi connectivity index (χ0n) is 6.24. The van der Waals surface area contributed by atoms with E-state index in [4.69, 9.17) is 5.53 Å². The van der Waals surface area contributed by atoms with Crippen LogP contribution in [0.3, 0.4) is 0 Å². The van der Waals surface area contributed by atoms with Gasteiger partial charge in [-0.15, -0.1) is 0 Å². The molecule has 0 saturated heterocycles. The molecule has 0 fully saturated rings. The predicted molar refractivity (Wildman–Crippen MR) is 47.6 cm³/mol. The number of amides is 1. The SMILES string of the molecule is [N-]=[N+]=NC(=O)c1cc(Br)ccc1F. The van der Waals surface area contributed by atoms with Crippen molar-refractivity contribution in [2.45, 2.75) is 0 Å². The van der Waals surface area contributed by atoms with Crippen molar-refractivity contribution in [3.63, 3.8) is 0 Å². The second-order valence-electron chi connectivity index (χ2n) is 2.12. The number of hydrogen-bond acceptors (Lipinski definition) is 1. The molecule has 0 aromatic heterocycles. The Morgan fingerprint density at radius 3 is 2.92 bits per heavy atom. The summed E-state index contributed by atoms with van der Waals surface area (Å²) in [5, 5.41) is 2.78. The lowest BCUT2D eigenvalue weighted by Gasteiger charge is -1.97. The maximum absolute atomic E-state index is 12.9. The molecular weight excluding hydrogens is 241 g/mol. The predicted octanol–water partition coefficient (Wildman–Crippen LogP) is 3.04. The topological polar surface area (TPSA) is 65.8 Å². The molecule has 6 heteroatoms. The van der Waals surface area contributed by atoms with Gasteiger partial charge in [0.25, 0.3) is 5.91 Å². The zero-order chi connectivity index (χ0) is 9.84. The lowest BCUT2D eigenvalue weighted by molar-refractivity contribution is 0.0996. The monoisotopic (exact) mass is 243 g/mol. The van der Waals surface area contributed by atoms with Gasteiger partial charge in [-0.25, -0.2) is 4.39 Å². The van der Waals surface area contributed by atoms with Gasteiger partial charge in [-0.1, -0.05) is 15.9 Å². The normalized spacial score (nSPS) is 9.08. The van der Waals surface area contributed by atoms with Crippen LogP contribution in [0.1, 0.15) is 10.4 Å². The van der Waals surface area contributed by atoms with E-state index in [-0.39, 0.29) is 5.56 Å². The molecule has 0 aliphatic heterocycles. The van der Waals surface area contributed by atoms with Crippen LogP contribution in [-0.4, -0.2) is 5.91 Å². The van der Waals surface area contributed by atoms with E-state index in [0.717, 1.165) is 6.07 Å². The molecule has 1 aromatic rings. The molecule has 4 nitrogen and oxygen atoms in total. The second-order valence-corrected chi connectivity index (χ2v) is 3.03. The molecule has 0 radical (unpaired) electrons. The highest BCUT2D eigenvalue weighted by Crippen LogP contribution is 2.16. The van der Waals surface area contributed by atoms with Crippen LogP contribution >= 0.6 is 15.9 Å². The first kappa shape index (κ1) is 9.70. The minimum absolute atomic E-state index is 0.243. The van der Waals surface area contributed by atoms with E-state index in [1.54, 1.807) is 0 Å². The summed E-state index contributed by atoms with van der Waals surface area (Å²) in [5.41, 5.74) is 7.72. The van der Waals surface area contributed by atoms with Gasteiger partial charge in [0.2, 0.25) is 0 Å². The lowest BCUT2D eigenvalue weighted by Crippen LogP contribution is -1.97. The Balaban J connectivity index is 3.20. The van der Waals surface area contributed by atoms with E-state index in [1.165, 1.54) is 12.1 Å². The minimum Gasteiger partial charge on any atom is -0.287 e. The van der Waals surface area contributed by atoms with Crippen LogP contribution in [0.15, 0.2) is 27.8 Å². The molecule has 1 rings (SSSR count). The highest BCUT2D eigenvalue weighted by atomic mass is 79.9. The zero-order valence-corrected chi connectivity index (χ0v) is 7.82. The maximum atomic E-state index is 12.9. The minimum atomic E-state index is -0.929. The summed E-state index contributed by atoms with van der Waals surface area (Å²) >= 11 is 3.06. The number of halogens is 2. The molecule has 0 heterocycles. The van der Waals surface area contributed by atoms with Crippen LogP contribution in [0, 0.1) is 5.82 Å². The third kappa shape index (κ3) is 2.27. The van der Waals surface area contributed by atoms with Crippen molar-refractivity contribution in [3.05, 3.63) is 44.5 Å². The van der Waals surface area contributed by atoms with Crippen molar-refractivity contribution in [2.75, 3.05) is 0 Å². The van der Waals surface area contributed by atoms with Crippen molar-refractivity contribution < 1.29 is 9.18 Å². The number of nitrogens with zero attached hydrogens (tertiary/aromatic N) is 3. The van der Waals surface area contributed by atoms with Gasteiger partial charge in [-0.2, -0.15) is 0 Å². The smallest absolute Gasteiger partial charge is 0.252 e. The van der Waals surface area contributed by atoms with E-state index < -0.39 is 11.7 Å². The number of rotatable bonds is 1. The van der Waals surface area contributed by atoms with Crippen LogP contribution in [-0.2, 0) is 0 Å². The van der Waals surface area contributed by atoms with E-state index in [1.807, 2.05) is 0 Å². The Morgan fingerprint density at radius 1 is 1.62 bits per heavy atom. The first-order valence-corrected chi connectivity index (χ1v) is 3.99. The van der Waals surface area contributed by atoms with E-state index in [9.17, 15) is 9.18 Å². The fourth-order valence-corrected chi connectivity index (χ4v) is 1.12. The first-order valence-electron chi connectivity index (χ1n) is 3.19. The van der Waals surface area contributed by atoms with E-state index in [2.05, 4.69) is 26.0 Å². The molecule has 0 aliphatic rings. The second kappa shape index (κ2) is 4.02. The summed E-state index contributed by atoms with van der Waals surface area (Å²) in [6.45, 7) is 0. The Labute approximate surface area is 81.1 Å². The summed E-state index contributed by atoms with van der Waals surface area (Å²) in [6.07, 6.45) is 0. The van der Waals surface area contributed by atoms with Crippen LogP contribution in [0.2, 0.25) is 0 Å². The fourth-order valence-electron chi connectivity index (χ4n) is 0.756. The number of hydrogen-bond donors (Lipinski definition) is 0. The molecular formula is C7H3BrFN3O. The highest BCUT2D eigenvalue weighted by Gasteiger charge is 2.09. The molecule has 66 valence electrons. The van der Waals surface area contributed by atoms with Gasteiger partial charge in [-0.05, 0) is 28.8 Å². The molecule has 0 saturated carbocycles. The van der Waals surface area contributed by atoms with Crippen molar-refractivity contribution >= 4 is 21.8 Å². The third-order valence-corrected chi connectivity index (χ3v) is 1.79. The lowest BCUT2D eigenvalue weighted by atomic mass is 10.2. The summed E-state index contributed by atoms with van der Waals surface area (Å²) in [7, 11) is 0. The molecule has 0 spiro atoms. The summed E-state index contributed by atoms with van der Waals surface area (Å²) in [6, 6.07) is 3.82. The van der Waals surface area contributed by atoms with Gasteiger partial charge in [0.05, 0.1) is 5.56 Å². The van der Waals surface area contributed by atoms with Gasteiger partial charge in [0.15, 0.2) is 0 Å². The molecule has 0 aliphatic carbocycles. The Bertz CT molecular complexity index is 401. The average molecular weight is 244 g/mol. The Kier molecular flexibility index (Phi) is 3.00. The van der Waals surface area contributed by atoms with Crippen molar-refractivity contribution in [1.29, 1.82) is 0 Å². The molecule has 1 amide bonds. The van der Waals surface area contributed by atoms with Crippen molar-refractivity contribution in [1.82, 2.24) is 0 Å². The average Bonchev–Trinajstić information content (AvgIpc) is 2.09. The third-order valence-electron chi connectivity index (χ3n) is 1.29. The Morgan fingerprint density at radius 2 is 2.31 bits per heavy atom. The number of benzene rings is 1. The van der Waals surface area contributed by atoms with Crippen molar-refractivity contribution in [3.8, 4) is 0 Å². The highest BCUT2D eigenvalue weighted by molar-refractivity contribution is 9.10. The molecule has 0 atom stereocenters. The molecule has 0 bridgehead atoms. The fraction of sp³-hybridized carbons (Fsp3) is 0. The molecule has 1 aromatic carbocycles. The van der Waals surface area contributed by atoms with Gasteiger partial charge in [0.1, 0.15) is 5.82 Å². The largest absolute Gasteiger partial charge is 0.287 e. The van der Waals surface area contributed by atoms with E-state index >= 15 is 0 Å². The number of carbonyl (C=O) groups is 1. The summed E-state index contributed by atoms with van der Waals surface area (Å²) < 4.78 is 13.5. The van der Waals surface area contributed by atoms with Crippen LogP contribution in [0.25, 0.3) is 10.4 Å². The standard InChI is InChI=1S/C7H3BrFN3O/c8-4-1-2-6(9)5(3-4)7(13)11-12-10/h1-3H. The van der Waals surface area contributed by atoms with E-state index in [0.29, 0.717) is 4.47 Å². The molecule has 0 unspecified atom stereocenters. The van der Waals surface area contributed by atoms with Crippen LogP contribution in [0.5, 0.6) is 0 Å². The Hall–Kier alpha value is -1.39. The summed E-state index contributed by atoms with van der Waals surface area (Å²) in [5.74, 6) is -1.64. The van der Waals surface area contributed by atoms with Gasteiger partial charge in [0, 0.05) is 9.38 Å². The quantitative estimate of drug-likeness (QED) is 0.425.